The van der Waals surface area contributed by atoms with Gasteiger partial charge in [0.2, 0.25) is 41.4 Å². The van der Waals surface area contributed by atoms with Gasteiger partial charge in [-0.1, -0.05) is 24.3 Å². The minimum Gasteiger partial charge on any atom is -0.508 e. The Balaban J connectivity index is 1.35. The Kier molecular flexibility index (Phi) is 18.3. The zero-order chi connectivity index (χ0) is 47.2. The fourth-order valence-corrected chi connectivity index (χ4v) is 7.35. The summed E-state index contributed by atoms with van der Waals surface area (Å²) in [5.41, 5.74) is 7.09. The van der Waals surface area contributed by atoms with Gasteiger partial charge < -0.3 is 77.9 Å². The highest BCUT2D eigenvalue weighted by molar-refractivity contribution is 5.98. The number of nitrogens with one attached hydrogen (secondary N) is 5. The number of carbonyl (C=O) groups excluding carboxylic acids is 7. The highest BCUT2D eigenvalue weighted by Crippen LogP contribution is 2.21. The van der Waals surface area contributed by atoms with Crippen molar-refractivity contribution in [3.05, 3.63) is 59.7 Å². The lowest BCUT2D eigenvalue weighted by Gasteiger charge is -2.31. The van der Waals surface area contributed by atoms with Crippen LogP contribution in [0, 0.1) is 0 Å². The Morgan fingerprint density at radius 1 is 0.609 bits per heavy atom. The number of benzene rings is 2. The molecule has 1 unspecified atom stereocenters. The molecule has 4 rings (SSSR count). The number of aliphatic carboxylic acids is 1. The van der Waals surface area contributed by atoms with E-state index >= 15 is 0 Å². The normalized spacial score (nSPS) is 19.2. The molecule has 0 aliphatic carbocycles. The molecule has 0 saturated carbocycles. The third-order valence-electron chi connectivity index (χ3n) is 10.9. The van der Waals surface area contributed by atoms with Gasteiger partial charge in [-0.3, -0.25) is 33.6 Å². The number of amides is 7. The van der Waals surface area contributed by atoms with Crippen LogP contribution in [0.5, 0.6) is 11.5 Å². The monoisotopic (exact) mass is 900 g/mol. The van der Waals surface area contributed by atoms with Gasteiger partial charge in [-0.25, -0.2) is 4.79 Å². The molecular weight excluding hydrogens is 844 g/mol. The Labute approximate surface area is 367 Å². The second-order valence-corrected chi connectivity index (χ2v) is 15.6. The number of phenols is 2. The largest absolute Gasteiger partial charge is 0.508 e. The predicted molar refractivity (Wildman–Crippen MR) is 221 cm³/mol. The molecule has 0 radical (unpaired) electrons. The number of aromatic hydroxyl groups is 2. The third kappa shape index (κ3) is 13.3. The number of nitrogens with zero attached hydrogens (tertiary/aromatic N) is 2. The quantitative estimate of drug-likeness (QED) is 0.0558. The maximum absolute atomic E-state index is 13.7. The Bertz CT molecular complexity index is 1990. The molecule has 2 aliphatic heterocycles. The summed E-state index contributed by atoms with van der Waals surface area (Å²) in [4.78, 5) is 108. The molecule has 9 atom stereocenters. The second kappa shape index (κ2) is 23.3. The number of nitrogens with two attached hydrogens (primary N) is 1. The first kappa shape index (κ1) is 50.2. The molecule has 2 fully saturated rings. The number of phenolic OH excluding ortho intramolecular Hbond substituents is 2. The zero-order valence-electron chi connectivity index (χ0n) is 35.0. The van der Waals surface area contributed by atoms with Crippen LogP contribution in [0.1, 0.15) is 43.7 Å². The van der Waals surface area contributed by atoms with E-state index in [2.05, 4.69) is 26.6 Å². The summed E-state index contributed by atoms with van der Waals surface area (Å²) in [6.07, 6.45) is -0.973. The first-order chi connectivity index (χ1) is 30.4. The molecule has 2 saturated heterocycles. The van der Waals surface area contributed by atoms with Gasteiger partial charge in [0.1, 0.15) is 53.8 Å². The molecule has 7 amide bonds. The van der Waals surface area contributed by atoms with E-state index in [1.807, 2.05) is 0 Å². The standard InChI is InChI=1S/C41H56N8O15/c1-21(53)33(47-37(59)32-5-3-15-49(32)39(61)29(19-51)45-34(56)26(42)16-22-6-10-24(54)11-7-22)38(60)46-30(20-52)40(62)48-14-2-4-31(48)36(58)44-28(18-50)35(57)43-27(41(63)64)17-23-8-12-25(55)13-9-23/h6-13,21,26-33,50-55H,2-5,14-20,42H2,1H3,(H,43,57)(H,44,58)(H,45,56)(H,46,60)(H,47,59)(H,63,64)/t21?,26-,27-,28-,29-,30-,31-,32-,33-/m0/s1. The van der Waals surface area contributed by atoms with E-state index in [9.17, 15) is 74.1 Å². The highest BCUT2D eigenvalue weighted by atomic mass is 16.4. The summed E-state index contributed by atoms with van der Waals surface area (Å²) >= 11 is 0. The van der Waals surface area contributed by atoms with Gasteiger partial charge in [-0.15, -0.1) is 0 Å². The summed E-state index contributed by atoms with van der Waals surface area (Å²) in [5, 5.41) is 81.0. The minimum atomic E-state index is -1.73. The summed E-state index contributed by atoms with van der Waals surface area (Å²) in [5.74, 6) is -7.95. The maximum Gasteiger partial charge on any atom is 0.326 e. The number of aliphatic hydroxyl groups excluding tert-OH is 4. The number of carbonyl (C=O) groups is 8. The average molecular weight is 901 g/mol. The molecule has 2 heterocycles. The van der Waals surface area contributed by atoms with E-state index in [-0.39, 0.29) is 56.7 Å². The fraction of sp³-hybridized carbons (Fsp3) is 0.512. The zero-order valence-corrected chi connectivity index (χ0v) is 35.0. The molecule has 0 bridgehead atoms. The molecule has 14 N–H and O–H groups in total. The van der Waals surface area contributed by atoms with Crippen LogP contribution in [0.3, 0.4) is 0 Å². The SMILES string of the molecule is CC(O)[C@H](NC(=O)[C@@H]1CCCN1C(=O)[C@H](CO)NC(=O)[C@@H](N)Cc1ccc(O)cc1)C(=O)N[C@@H](CO)C(=O)N1CCC[C@H]1C(=O)N[C@@H](CO)C(=O)N[C@@H](Cc1ccc(O)cc1)C(=O)O. The van der Waals surface area contributed by atoms with Crippen LogP contribution >= 0.6 is 0 Å². The van der Waals surface area contributed by atoms with E-state index in [4.69, 9.17) is 5.73 Å². The van der Waals surface area contributed by atoms with E-state index < -0.39 is 122 Å². The number of likely N-dealkylation sites (tertiary alicyclic amines) is 2. The molecule has 0 spiro atoms. The van der Waals surface area contributed by atoms with Crippen molar-refractivity contribution in [3.63, 3.8) is 0 Å². The average Bonchev–Trinajstić information content (AvgIpc) is 3.97. The summed E-state index contributed by atoms with van der Waals surface area (Å²) in [6.45, 7) is -1.62. The topological polar surface area (TPSA) is 371 Å². The van der Waals surface area contributed by atoms with Crippen molar-refractivity contribution in [2.75, 3.05) is 32.9 Å². The number of carboxylic acids is 1. The first-order valence-corrected chi connectivity index (χ1v) is 20.6. The van der Waals surface area contributed by atoms with Crippen molar-refractivity contribution >= 4 is 47.3 Å². The van der Waals surface area contributed by atoms with Gasteiger partial charge in [0.15, 0.2) is 0 Å². The highest BCUT2D eigenvalue weighted by Gasteiger charge is 2.42. The number of hydrogen-bond acceptors (Lipinski definition) is 15. The van der Waals surface area contributed by atoms with Gasteiger partial charge in [0.25, 0.3) is 0 Å². The smallest absolute Gasteiger partial charge is 0.326 e. The van der Waals surface area contributed by atoms with Crippen LogP contribution in [0.15, 0.2) is 48.5 Å². The Morgan fingerprint density at radius 2 is 1.03 bits per heavy atom. The van der Waals surface area contributed by atoms with Crippen molar-refractivity contribution in [2.45, 2.75) is 99.9 Å². The number of hydrogen-bond donors (Lipinski definition) is 13. The minimum absolute atomic E-state index is 0.0127. The van der Waals surface area contributed by atoms with Gasteiger partial charge in [-0.2, -0.15) is 0 Å². The lowest BCUT2D eigenvalue weighted by molar-refractivity contribution is -0.145. The molecule has 64 heavy (non-hydrogen) atoms. The number of aliphatic hydroxyl groups is 4. The molecule has 350 valence electrons. The van der Waals surface area contributed by atoms with Crippen molar-refractivity contribution < 1.29 is 74.1 Å². The third-order valence-corrected chi connectivity index (χ3v) is 10.9. The van der Waals surface area contributed by atoms with Crippen LogP contribution < -0.4 is 32.3 Å². The summed E-state index contributed by atoms with van der Waals surface area (Å²) in [6, 6.07) is -0.153. The predicted octanol–water partition coefficient (Wildman–Crippen LogP) is -4.94. The summed E-state index contributed by atoms with van der Waals surface area (Å²) in [7, 11) is 0. The molecule has 23 heteroatoms. The van der Waals surface area contributed by atoms with E-state index in [0.29, 0.717) is 17.5 Å². The van der Waals surface area contributed by atoms with Gasteiger partial charge in [0.05, 0.1) is 32.0 Å². The molecule has 2 aromatic rings. The lowest BCUT2D eigenvalue weighted by Crippen LogP contribution is -2.62. The van der Waals surface area contributed by atoms with Gasteiger partial charge in [-0.05, 0) is 74.4 Å². The van der Waals surface area contributed by atoms with Crippen LogP contribution in [0.2, 0.25) is 0 Å². The molecule has 2 aromatic carbocycles. The maximum atomic E-state index is 13.7. The van der Waals surface area contributed by atoms with E-state index in [1.54, 1.807) is 12.1 Å². The molecule has 0 aromatic heterocycles. The van der Waals surface area contributed by atoms with Crippen molar-refractivity contribution in [1.82, 2.24) is 36.4 Å². The van der Waals surface area contributed by atoms with Crippen molar-refractivity contribution in [3.8, 4) is 11.5 Å². The Morgan fingerprint density at radius 3 is 1.47 bits per heavy atom. The lowest BCUT2D eigenvalue weighted by atomic mass is 10.1. The van der Waals surface area contributed by atoms with E-state index in [0.717, 1.165) is 16.7 Å². The first-order valence-electron chi connectivity index (χ1n) is 20.6. The molecular formula is C41H56N8O15. The van der Waals surface area contributed by atoms with Crippen LogP contribution in [0.25, 0.3) is 0 Å². The molecule has 23 nitrogen and oxygen atoms in total. The summed E-state index contributed by atoms with van der Waals surface area (Å²) < 4.78 is 0. The molecule has 2 aliphatic rings. The fourth-order valence-electron chi connectivity index (χ4n) is 7.35. The number of rotatable bonds is 21. The number of carboxylic acid groups (broad SMARTS) is 1. The van der Waals surface area contributed by atoms with Crippen LogP contribution in [-0.2, 0) is 51.2 Å². The van der Waals surface area contributed by atoms with Crippen LogP contribution in [0.4, 0.5) is 0 Å². The van der Waals surface area contributed by atoms with Gasteiger partial charge in [0, 0.05) is 19.5 Å². The van der Waals surface area contributed by atoms with Gasteiger partial charge >= 0.3 is 5.97 Å². The van der Waals surface area contributed by atoms with E-state index in [1.165, 1.54) is 36.4 Å². The Hall–Kier alpha value is -6.40. The van der Waals surface area contributed by atoms with Crippen LogP contribution in [-0.4, -0.2) is 180 Å². The van der Waals surface area contributed by atoms with Crippen molar-refractivity contribution in [1.29, 1.82) is 0 Å². The van der Waals surface area contributed by atoms with Crippen molar-refractivity contribution in [2.24, 2.45) is 5.73 Å². The second-order valence-electron chi connectivity index (χ2n) is 15.6.